The van der Waals surface area contributed by atoms with E-state index < -0.39 is 0 Å². The van der Waals surface area contributed by atoms with Crippen LogP contribution in [0.1, 0.15) is 130 Å². The monoisotopic (exact) mass is 423 g/mol. The minimum Gasteiger partial charge on any atom is -0.356 e. The smallest absolute Gasteiger partial charge is 0.219 e. The third-order valence-electron chi connectivity index (χ3n) is 6.14. The highest BCUT2D eigenvalue weighted by Gasteiger charge is 2.15. The number of ketones is 2. The van der Waals surface area contributed by atoms with Crippen LogP contribution in [0.4, 0.5) is 0 Å². The fraction of sp³-hybridized carbons (Fsp3) is 0.885. The summed E-state index contributed by atoms with van der Waals surface area (Å²) in [5.74, 6) is 1.26. The molecule has 0 aliphatic rings. The molecule has 2 atom stereocenters. The lowest BCUT2D eigenvalue weighted by Gasteiger charge is -2.13. The summed E-state index contributed by atoms with van der Waals surface area (Å²) in [5, 5.41) is 2.97. The van der Waals surface area contributed by atoms with Gasteiger partial charge in [-0.05, 0) is 44.9 Å². The highest BCUT2D eigenvalue weighted by Crippen LogP contribution is 2.17. The zero-order valence-electron chi connectivity index (χ0n) is 20.4. The molecular formula is C26H49NO3. The van der Waals surface area contributed by atoms with Gasteiger partial charge in [0.15, 0.2) is 0 Å². The van der Waals surface area contributed by atoms with Crippen LogP contribution in [0.5, 0.6) is 0 Å². The van der Waals surface area contributed by atoms with Gasteiger partial charge in [-0.3, -0.25) is 14.4 Å². The molecule has 30 heavy (non-hydrogen) atoms. The predicted molar refractivity (Wildman–Crippen MR) is 127 cm³/mol. The fourth-order valence-electron chi connectivity index (χ4n) is 3.86. The molecule has 0 aromatic carbocycles. The van der Waals surface area contributed by atoms with Crippen LogP contribution in [-0.4, -0.2) is 24.0 Å². The van der Waals surface area contributed by atoms with E-state index in [2.05, 4.69) is 33.0 Å². The Hall–Kier alpha value is -1.19. The molecule has 0 heterocycles. The largest absolute Gasteiger partial charge is 0.356 e. The van der Waals surface area contributed by atoms with Gasteiger partial charge < -0.3 is 5.32 Å². The summed E-state index contributed by atoms with van der Waals surface area (Å²) in [7, 11) is 0. The normalized spacial score (nSPS) is 13.1. The molecule has 0 aromatic rings. The van der Waals surface area contributed by atoms with Crippen molar-refractivity contribution in [3.63, 3.8) is 0 Å². The van der Waals surface area contributed by atoms with Crippen molar-refractivity contribution >= 4 is 17.5 Å². The van der Waals surface area contributed by atoms with Crippen molar-refractivity contribution in [2.75, 3.05) is 6.54 Å². The van der Waals surface area contributed by atoms with E-state index in [1.165, 1.54) is 12.8 Å². The van der Waals surface area contributed by atoms with Gasteiger partial charge in [-0.2, -0.15) is 0 Å². The van der Waals surface area contributed by atoms with Gasteiger partial charge in [-0.25, -0.2) is 0 Å². The molecule has 2 unspecified atom stereocenters. The molecule has 0 aliphatic heterocycles. The Balaban J connectivity index is 3.65. The molecule has 0 aromatic heterocycles. The van der Waals surface area contributed by atoms with Gasteiger partial charge in [0.25, 0.3) is 0 Å². The van der Waals surface area contributed by atoms with Crippen molar-refractivity contribution in [1.29, 1.82) is 0 Å². The highest BCUT2D eigenvalue weighted by atomic mass is 16.1. The number of carbonyl (C=O) groups is 3. The van der Waals surface area contributed by atoms with E-state index in [0.717, 1.165) is 70.6 Å². The Morgan fingerprint density at radius 2 is 1.30 bits per heavy atom. The SMILES string of the molecule is CCCCCC(C)C(=O)CCCCCNC(=O)CCCCC(=O)C(CC)CCCC. The number of amides is 1. The van der Waals surface area contributed by atoms with Crippen molar-refractivity contribution in [3.8, 4) is 0 Å². The van der Waals surface area contributed by atoms with E-state index >= 15 is 0 Å². The van der Waals surface area contributed by atoms with Crippen LogP contribution < -0.4 is 5.32 Å². The molecule has 0 aliphatic carbocycles. The van der Waals surface area contributed by atoms with E-state index in [1.54, 1.807) is 0 Å². The van der Waals surface area contributed by atoms with Gasteiger partial charge in [-0.1, -0.05) is 66.2 Å². The Labute approximate surface area is 186 Å². The third kappa shape index (κ3) is 15.6. The standard InChI is InChI=1S/C26H49NO3/c1-5-8-11-16-22(4)24(28)18-12-10-15-21-27-26(30)20-14-13-19-25(29)23(7-3)17-9-6-2/h22-23H,5-21H2,1-4H3,(H,27,30). The summed E-state index contributed by atoms with van der Waals surface area (Å²) >= 11 is 0. The van der Waals surface area contributed by atoms with Gasteiger partial charge in [-0.15, -0.1) is 0 Å². The van der Waals surface area contributed by atoms with Crippen molar-refractivity contribution in [3.05, 3.63) is 0 Å². The molecular weight excluding hydrogens is 374 g/mol. The molecule has 0 saturated carbocycles. The van der Waals surface area contributed by atoms with Crippen LogP contribution in [0.15, 0.2) is 0 Å². The summed E-state index contributed by atoms with van der Waals surface area (Å²) in [6.45, 7) is 9.18. The second kappa shape index (κ2) is 19.8. The molecule has 4 heteroatoms. The minimum atomic E-state index is 0.0843. The molecule has 1 amide bonds. The summed E-state index contributed by atoms with van der Waals surface area (Å²) in [6.07, 6.45) is 15.0. The first kappa shape index (κ1) is 28.8. The molecule has 0 saturated heterocycles. The Morgan fingerprint density at radius 1 is 0.667 bits per heavy atom. The van der Waals surface area contributed by atoms with Crippen LogP contribution in [0.25, 0.3) is 0 Å². The van der Waals surface area contributed by atoms with Crippen LogP contribution in [0.2, 0.25) is 0 Å². The van der Waals surface area contributed by atoms with E-state index in [9.17, 15) is 14.4 Å². The Kier molecular flexibility index (Phi) is 19.0. The van der Waals surface area contributed by atoms with Crippen LogP contribution in [0.3, 0.4) is 0 Å². The molecule has 4 nitrogen and oxygen atoms in total. The average Bonchev–Trinajstić information content (AvgIpc) is 2.74. The molecule has 0 fully saturated rings. The number of Topliss-reactive ketones (excluding diaryl/α,β-unsaturated/α-hetero) is 2. The predicted octanol–water partition coefficient (Wildman–Crippen LogP) is 6.79. The number of rotatable bonds is 21. The lowest BCUT2D eigenvalue weighted by atomic mass is 9.92. The van der Waals surface area contributed by atoms with Gasteiger partial charge in [0.05, 0.1) is 0 Å². The second-order valence-corrected chi connectivity index (χ2v) is 8.94. The van der Waals surface area contributed by atoms with E-state index in [-0.39, 0.29) is 17.7 Å². The molecule has 1 N–H and O–H groups in total. The first-order valence-corrected chi connectivity index (χ1v) is 12.8. The highest BCUT2D eigenvalue weighted by molar-refractivity contribution is 5.81. The number of hydrogen-bond donors (Lipinski definition) is 1. The maximum Gasteiger partial charge on any atom is 0.219 e. The van der Waals surface area contributed by atoms with Gasteiger partial charge in [0.2, 0.25) is 5.91 Å². The number of nitrogens with one attached hydrogen (secondary N) is 1. The summed E-state index contributed by atoms with van der Waals surface area (Å²) in [4.78, 5) is 36.2. The third-order valence-corrected chi connectivity index (χ3v) is 6.14. The number of hydrogen-bond acceptors (Lipinski definition) is 3. The molecule has 0 rings (SSSR count). The van der Waals surface area contributed by atoms with E-state index in [0.29, 0.717) is 37.4 Å². The summed E-state index contributed by atoms with van der Waals surface area (Å²) < 4.78 is 0. The molecule has 0 radical (unpaired) electrons. The number of carbonyl (C=O) groups excluding carboxylic acids is 3. The molecule has 0 bridgehead atoms. The minimum absolute atomic E-state index is 0.0843. The van der Waals surface area contributed by atoms with Crippen molar-refractivity contribution in [2.24, 2.45) is 11.8 Å². The van der Waals surface area contributed by atoms with E-state index in [1.807, 2.05) is 0 Å². The lowest BCUT2D eigenvalue weighted by Crippen LogP contribution is -2.24. The summed E-state index contributed by atoms with van der Waals surface area (Å²) in [6, 6.07) is 0. The topological polar surface area (TPSA) is 63.2 Å². The number of unbranched alkanes of at least 4 members (excludes halogenated alkanes) is 6. The fourth-order valence-corrected chi connectivity index (χ4v) is 3.86. The first-order valence-electron chi connectivity index (χ1n) is 12.8. The Bertz CT molecular complexity index is 461. The average molecular weight is 424 g/mol. The zero-order chi connectivity index (χ0) is 22.6. The molecule has 176 valence electrons. The Morgan fingerprint density at radius 3 is 1.97 bits per heavy atom. The lowest BCUT2D eigenvalue weighted by molar-refractivity contribution is -0.124. The quantitative estimate of drug-likeness (QED) is 0.207. The first-order chi connectivity index (χ1) is 14.5. The molecule has 0 spiro atoms. The van der Waals surface area contributed by atoms with Crippen molar-refractivity contribution < 1.29 is 14.4 Å². The van der Waals surface area contributed by atoms with Gasteiger partial charge in [0, 0.05) is 37.6 Å². The second-order valence-electron chi connectivity index (χ2n) is 8.94. The van der Waals surface area contributed by atoms with Gasteiger partial charge in [0.1, 0.15) is 11.6 Å². The van der Waals surface area contributed by atoms with Crippen LogP contribution in [-0.2, 0) is 14.4 Å². The van der Waals surface area contributed by atoms with Crippen LogP contribution >= 0.6 is 0 Å². The maximum atomic E-state index is 12.2. The zero-order valence-corrected chi connectivity index (χ0v) is 20.4. The summed E-state index contributed by atoms with van der Waals surface area (Å²) in [5.41, 5.74) is 0. The van der Waals surface area contributed by atoms with Crippen molar-refractivity contribution in [2.45, 2.75) is 130 Å². The van der Waals surface area contributed by atoms with E-state index in [4.69, 9.17) is 0 Å². The van der Waals surface area contributed by atoms with Gasteiger partial charge >= 0.3 is 0 Å². The van der Waals surface area contributed by atoms with Crippen LogP contribution in [0, 0.1) is 11.8 Å². The maximum absolute atomic E-state index is 12.2. The van der Waals surface area contributed by atoms with Crippen molar-refractivity contribution in [1.82, 2.24) is 5.32 Å².